The van der Waals surface area contributed by atoms with Crippen molar-refractivity contribution < 1.29 is 4.74 Å². The molecule has 2 heteroatoms. The van der Waals surface area contributed by atoms with E-state index >= 15 is 0 Å². The summed E-state index contributed by atoms with van der Waals surface area (Å²) in [6.45, 7) is 4.37. The van der Waals surface area contributed by atoms with Crippen LogP contribution < -0.4 is 5.32 Å². The van der Waals surface area contributed by atoms with E-state index in [1.807, 2.05) is 0 Å². The predicted molar refractivity (Wildman–Crippen MR) is 65.1 cm³/mol. The van der Waals surface area contributed by atoms with Gasteiger partial charge < -0.3 is 10.1 Å². The van der Waals surface area contributed by atoms with Gasteiger partial charge in [-0.2, -0.15) is 0 Å². The fourth-order valence-corrected chi connectivity index (χ4v) is 2.55. The summed E-state index contributed by atoms with van der Waals surface area (Å²) in [5, 5.41) is 3.64. The largest absolute Gasteiger partial charge is 0.385 e. The fraction of sp³-hybridized carbons (Fsp3) is 1.00. The van der Waals surface area contributed by atoms with Gasteiger partial charge in [0.1, 0.15) is 0 Å². The molecule has 1 rings (SSSR count). The molecule has 1 fully saturated rings. The topological polar surface area (TPSA) is 21.3 Å². The molecule has 0 aromatic rings. The van der Waals surface area contributed by atoms with Gasteiger partial charge in [0.15, 0.2) is 0 Å². The minimum absolute atomic E-state index is 0.817. The van der Waals surface area contributed by atoms with Crippen LogP contribution in [0.25, 0.3) is 0 Å². The third kappa shape index (κ3) is 5.53. The van der Waals surface area contributed by atoms with E-state index in [1.165, 1.54) is 51.5 Å². The molecule has 0 amide bonds. The van der Waals surface area contributed by atoms with Gasteiger partial charge in [0.2, 0.25) is 0 Å². The van der Waals surface area contributed by atoms with Crippen molar-refractivity contribution in [1.82, 2.24) is 5.32 Å². The lowest BCUT2D eigenvalue weighted by Gasteiger charge is -2.12. The Balaban J connectivity index is 1.98. The number of rotatable bonds is 8. The highest BCUT2D eigenvalue weighted by atomic mass is 16.5. The first kappa shape index (κ1) is 13.0. The zero-order valence-corrected chi connectivity index (χ0v) is 10.4. The molecule has 1 aliphatic rings. The Bertz CT molecular complexity index is 149. The van der Waals surface area contributed by atoms with Gasteiger partial charge in [-0.3, -0.25) is 0 Å². The standard InChI is InChI=1S/C13H27NO/c1-3-9-14-13-8-7-12(11-13)6-4-5-10-15-2/h12-14H,3-11H2,1-2H3. The first-order valence-electron chi connectivity index (χ1n) is 6.59. The maximum absolute atomic E-state index is 5.07. The van der Waals surface area contributed by atoms with Crippen molar-refractivity contribution in [2.45, 2.75) is 57.9 Å². The Morgan fingerprint density at radius 3 is 2.87 bits per heavy atom. The van der Waals surface area contributed by atoms with E-state index in [4.69, 9.17) is 4.74 Å². The minimum atomic E-state index is 0.817. The molecular weight excluding hydrogens is 186 g/mol. The SMILES string of the molecule is CCCNC1CCC(CCCCOC)C1. The summed E-state index contributed by atoms with van der Waals surface area (Å²) >= 11 is 0. The maximum Gasteiger partial charge on any atom is 0.0462 e. The average molecular weight is 213 g/mol. The summed E-state index contributed by atoms with van der Waals surface area (Å²) in [6, 6.07) is 0.817. The van der Waals surface area contributed by atoms with Crippen LogP contribution in [0.1, 0.15) is 51.9 Å². The summed E-state index contributed by atoms with van der Waals surface area (Å²) in [6.07, 6.45) is 9.50. The molecule has 1 saturated carbocycles. The highest BCUT2D eigenvalue weighted by molar-refractivity contribution is 4.80. The van der Waals surface area contributed by atoms with Crippen LogP contribution in [-0.4, -0.2) is 26.3 Å². The molecule has 0 aromatic carbocycles. The first-order chi connectivity index (χ1) is 7.36. The minimum Gasteiger partial charge on any atom is -0.385 e. The van der Waals surface area contributed by atoms with Crippen LogP contribution in [0.4, 0.5) is 0 Å². The third-order valence-electron chi connectivity index (χ3n) is 3.44. The summed E-state index contributed by atoms with van der Waals surface area (Å²) < 4.78 is 5.07. The molecule has 1 N–H and O–H groups in total. The second kappa shape index (κ2) is 8.12. The summed E-state index contributed by atoms with van der Waals surface area (Å²) in [5.41, 5.74) is 0. The fourth-order valence-electron chi connectivity index (χ4n) is 2.55. The highest BCUT2D eigenvalue weighted by Crippen LogP contribution is 2.29. The molecule has 0 aromatic heterocycles. The quantitative estimate of drug-likeness (QED) is 0.626. The smallest absolute Gasteiger partial charge is 0.0462 e. The maximum atomic E-state index is 5.07. The molecule has 0 saturated heterocycles. The van der Waals surface area contributed by atoms with Crippen LogP contribution in [-0.2, 0) is 4.74 Å². The number of hydrogen-bond acceptors (Lipinski definition) is 2. The normalized spacial score (nSPS) is 26.0. The zero-order valence-electron chi connectivity index (χ0n) is 10.4. The van der Waals surface area contributed by atoms with Crippen LogP contribution in [0.15, 0.2) is 0 Å². The molecule has 2 unspecified atom stereocenters. The molecule has 1 aliphatic carbocycles. The molecule has 0 aliphatic heterocycles. The Morgan fingerprint density at radius 2 is 2.13 bits per heavy atom. The molecular formula is C13H27NO. The summed E-state index contributed by atoms with van der Waals surface area (Å²) in [5.74, 6) is 0.983. The van der Waals surface area contributed by atoms with Crippen LogP contribution >= 0.6 is 0 Å². The van der Waals surface area contributed by atoms with E-state index in [9.17, 15) is 0 Å². The van der Waals surface area contributed by atoms with E-state index in [0.717, 1.165) is 18.6 Å². The lowest BCUT2D eigenvalue weighted by atomic mass is 10.0. The van der Waals surface area contributed by atoms with Gasteiger partial charge in [-0.15, -0.1) is 0 Å². The van der Waals surface area contributed by atoms with Crippen molar-refractivity contribution in [3.05, 3.63) is 0 Å². The van der Waals surface area contributed by atoms with Gasteiger partial charge in [-0.1, -0.05) is 19.8 Å². The summed E-state index contributed by atoms with van der Waals surface area (Å²) in [4.78, 5) is 0. The van der Waals surface area contributed by atoms with Crippen molar-refractivity contribution in [2.75, 3.05) is 20.3 Å². The van der Waals surface area contributed by atoms with E-state index < -0.39 is 0 Å². The Labute approximate surface area is 94.8 Å². The number of ether oxygens (including phenoxy) is 1. The molecule has 15 heavy (non-hydrogen) atoms. The Morgan fingerprint density at radius 1 is 1.27 bits per heavy atom. The van der Waals surface area contributed by atoms with Gasteiger partial charge in [0, 0.05) is 19.8 Å². The van der Waals surface area contributed by atoms with Crippen molar-refractivity contribution in [2.24, 2.45) is 5.92 Å². The molecule has 0 heterocycles. The van der Waals surface area contributed by atoms with Crippen molar-refractivity contribution in [3.63, 3.8) is 0 Å². The van der Waals surface area contributed by atoms with Gasteiger partial charge in [0.05, 0.1) is 0 Å². The molecule has 2 atom stereocenters. The van der Waals surface area contributed by atoms with E-state index in [0.29, 0.717) is 0 Å². The molecule has 2 nitrogen and oxygen atoms in total. The number of unbranched alkanes of at least 4 members (excludes halogenated alkanes) is 1. The van der Waals surface area contributed by atoms with Crippen molar-refractivity contribution in [3.8, 4) is 0 Å². The lowest BCUT2D eigenvalue weighted by molar-refractivity contribution is 0.190. The number of methoxy groups -OCH3 is 1. The summed E-state index contributed by atoms with van der Waals surface area (Å²) in [7, 11) is 1.79. The first-order valence-corrected chi connectivity index (χ1v) is 6.59. The van der Waals surface area contributed by atoms with Gasteiger partial charge in [-0.05, 0) is 44.6 Å². The van der Waals surface area contributed by atoms with E-state index in [1.54, 1.807) is 7.11 Å². The van der Waals surface area contributed by atoms with Crippen molar-refractivity contribution >= 4 is 0 Å². The van der Waals surface area contributed by atoms with E-state index in [2.05, 4.69) is 12.2 Å². The monoisotopic (exact) mass is 213 g/mol. The lowest BCUT2D eigenvalue weighted by Crippen LogP contribution is -2.26. The van der Waals surface area contributed by atoms with Gasteiger partial charge in [0.25, 0.3) is 0 Å². The molecule has 0 bridgehead atoms. The Kier molecular flexibility index (Phi) is 7.03. The highest BCUT2D eigenvalue weighted by Gasteiger charge is 2.23. The number of hydrogen-bond donors (Lipinski definition) is 1. The molecule has 0 radical (unpaired) electrons. The Hall–Kier alpha value is -0.0800. The zero-order chi connectivity index (χ0) is 10.9. The van der Waals surface area contributed by atoms with Crippen LogP contribution in [0.5, 0.6) is 0 Å². The van der Waals surface area contributed by atoms with Crippen LogP contribution in [0, 0.1) is 5.92 Å². The van der Waals surface area contributed by atoms with Crippen molar-refractivity contribution in [1.29, 1.82) is 0 Å². The van der Waals surface area contributed by atoms with Crippen LogP contribution in [0.3, 0.4) is 0 Å². The molecule has 0 spiro atoms. The molecule has 90 valence electrons. The van der Waals surface area contributed by atoms with Crippen LogP contribution in [0.2, 0.25) is 0 Å². The average Bonchev–Trinajstić information content (AvgIpc) is 2.69. The van der Waals surface area contributed by atoms with Gasteiger partial charge in [-0.25, -0.2) is 0 Å². The van der Waals surface area contributed by atoms with Gasteiger partial charge >= 0.3 is 0 Å². The predicted octanol–water partition coefficient (Wildman–Crippen LogP) is 2.97. The third-order valence-corrected chi connectivity index (χ3v) is 3.44. The second-order valence-electron chi connectivity index (χ2n) is 4.82. The number of nitrogens with one attached hydrogen (secondary N) is 1. The second-order valence-corrected chi connectivity index (χ2v) is 4.82. The van der Waals surface area contributed by atoms with E-state index in [-0.39, 0.29) is 0 Å².